The van der Waals surface area contributed by atoms with Crippen LogP contribution in [0.15, 0.2) is 53.1 Å². The monoisotopic (exact) mass is 408 g/mol. The molecule has 0 saturated carbocycles. The molecule has 30 heavy (non-hydrogen) atoms. The van der Waals surface area contributed by atoms with Crippen LogP contribution < -0.4 is 10.2 Å². The third-order valence-corrected chi connectivity index (χ3v) is 5.62. The molecule has 0 radical (unpaired) electrons. The zero-order chi connectivity index (χ0) is 20.5. The van der Waals surface area contributed by atoms with Crippen LogP contribution in [-0.2, 0) is 11.2 Å². The van der Waals surface area contributed by atoms with Crippen molar-refractivity contribution in [3.63, 3.8) is 0 Å². The summed E-state index contributed by atoms with van der Waals surface area (Å²) in [5, 5.41) is 7.05. The number of ether oxygens (including phenoxy) is 1. The average molecular weight is 408 g/mol. The predicted octanol–water partition coefficient (Wildman–Crippen LogP) is 4.44. The van der Waals surface area contributed by atoms with Crippen molar-refractivity contribution in [2.24, 2.45) is 0 Å². The van der Waals surface area contributed by atoms with E-state index in [2.05, 4.69) is 15.5 Å². The van der Waals surface area contributed by atoms with Gasteiger partial charge >= 0.3 is 6.03 Å². The molecular weight excluding hydrogens is 387 g/mol. The second-order valence-electron chi connectivity index (χ2n) is 7.53. The van der Waals surface area contributed by atoms with Crippen LogP contribution in [0.1, 0.15) is 42.1 Å². The molecule has 5 rings (SSSR count). The first-order chi connectivity index (χ1) is 14.7. The Morgan fingerprint density at radius 2 is 1.87 bits per heavy atom. The molecule has 3 aromatic rings. The lowest BCUT2D eigenvalue weighted by Crippen LogP contribution is -2.36. The Bertz CT molecular complexity index is 1050. The highest BCUT2D eigenvalue weighted by Crippen LogP contribution is 2.40. The van der Waals surface area contributed by atoms with E-state index in [-0.39, 0.29) is 23.8 Å². The third-order valence-electron chi connectivity index (χ3n) is 5.62. The fraction of sp³-hybridized carbons (Fsp3) is 0.318. The topological polar surface area (TPSA) is 80.5 Å². The first kappa shape index (κ1) is 18.7. The second kappa shape index (κ2) is 7.87. The zero-order valence-electron chi connectivity index (χ0n) is 16.3. The number of nitrogens with one attached hydrogen (secondary N) is 1. The third kappa shape index (κ3) is 3.54. The van der Waals surface area contributed by atoms with Gasteiger partial charge in [0.2, 0.25) is 5.89 Å². The van der Waals surface area contributed by atoms with E-state index in [0.717, 1.165) is 24.1 Å². The molecule has 1 saturated heterocycles. The highest BCUT2D eigenvalue weighted by molar-refractivity contribution is 6.03. The minimum atomic E-state index is -0.375. The fourth-order valence-corrected chi connectivity index (χ4v) is 4.05. The molecule has 2 aliphatic rings. The van der Waals surface area contributed by atoms with Gasteiger partial charge in [0, 0.05) is 36.9 Å². The molecule has 2 amide bonds. The highest BCUT2D eigenvalue weighted by Gasteiger charge is 2.38. The maximum atomic E-state index is 13.2. The summed E-state index contributed by atoms with van der Waals surface area (Å²) in [5.74, 6) is 0.917. The quantitative estimate of drug-likeness (QED) is 0.693. The van der Waals surface area contributed by atoms with Crippen molar-refractivity contribution < 1.29 is 18.4 Å². The van der Waals surface area contributed by atoms with Crippen LogP contribution >= 0.6 is 0 Å². The molecule has 2 aromatic carbocycles. The van der Waals surface area contributed by atoms with Gasteiger partial charge in [-0.15, -0.1) is 0 Å². The summed E-state index contributed by atoms with van der Waals surface area (Å²) >= 11 is 0. The Labute approximate surface area is 172 Å². The number of halogens is 1. The van der Waals surface area contributed by atoms with Crippen molar-refractivity contribution in [2.75, 3.05) is 23.4 Å². The molecule has 0 aliphatic carbocycles. The molecule has 1 unspecified atom stereocenters. The van der Waals surface area contributed by atoms with Crippen LogP contribution in [0.3, 0.4) is 0 Å². The lowest BCUT2D eigenvalue weighted by atomic mass is 10.0. The summed E-state index contributed by atoms with van der Waals surface area (Å²) in [6.07, 6.45) is 2.29. The van der Waals surface area contributed by atoms with Crippen LogP contribution in [0, 0.1) is 5.82 Å². The fourth-order valence-electron chi connectivity index (χ4n) is 4.05. The van der Waals surface area contributed by atoms with Gasteiger partial charge in [-0.05, 0) is 48.7 Å². The second-order valence-corrected chi connectivity index (χ2v) is 7.53. The number of amides is 2. The Balaban J connectivity index is 1.43. The zero-order valence-corrected chi connectivity index (χ0v) is 16.3. The van der Waals surface area contributed by atoms with E-state index in [1.165, 1.54) is 24.3 Å². The normalized spacial score (nSPS) is 19.0. The Hall–Kier alpha value is -3.26. The number of hydrogen-bond acceptors (Lipinski definition) is 5. The number of nitrogens with zero attached hydrogens (tertiary/aromatic N) is 3. The van der Waals surface area contributed by atoms with Crippen LogP contribution in [0.25, 0.3) is 0 Å². The van der Waals surface area contributed by atoms with E-state index < -0.39 is 0 Å². The predicted molar refractivity (Wildman–Crippen MR) is 108 cm³/mol. The van der Waals surface area contributed by atoms with Crippen molar-refractivity contribution in [3.05, 3.63) is 71.6 Å². The lowest BCUT2D eigenvalue weighted by Gasteiger charge is -2.24. The van der Waals surface area contributed by atoms with E-state index in [9.17, 15) is 9.18 Å². The highest BCUT2D eigenvalue weighted by atomic mass is 19.1. The number of aromatic nitrogens is 2. The molecule has 3 heterocycles. The van der Waals surface area contributed by atoms with Crippen LogP contribution in [-0.4, -0.2) is 29.4 Å². The average Bonchev–Trinajstić information content (AvgIpc) is 3.41. The number of urea groups is 1. The van der Waals surface area contributed by atoms with Gasteiger partial charge in [0.25, 0.3) is 0 Å². The minimum absolute atomic E-state index is 0.185. The van der Waals surface area contributed by atoms with Gasteiger partial charge in [0.15, 0.2) is 5.82 Å². The molecule has 154 valence electrons. The molecule has 1 atom stereocenters. The summed E-state index contributed by atoms with van der Waals surface area (Å²) in [7, 11) is 0. The van der Waals surface area contributed by atoms with Crippen molar-refractivity contribution in [3.8, 4) is 0 Å². The Kier molecular flexibility index (Phi) is 4.92. The minimum Gasteiger partial charge on any atom is -0.381 e. The molecule has 0 spiro atoms. The maximum Gasteiger partial charge on any atom is 0.327 e. The summed E-state index contributed by atoms with van der Waals surface area (Å²) < 4.78 is 24.2. The smallest absolute Gasteiger partial charge is 0.327 e. The summed E-state index contributed by atoms with van der Waals surface area (Å²) in [6.45, 7) is 1.37. The summed E-state index contributed by atoms with van der Waals surface area (Å²) in [4.78, 5) is 19.5. The van der Waals surface area contributed by atoms with Crippen molar-refractivity contribution >= 4 is 17.4 Å². The Morgan fingerprint density at radius 1 is 1.10 bits per heavy atom. The van der Waals surface area contributed by atoms with E-state index in [1.807, 2.05) is 24.3 Å². The van der Waals surface area contributed by atoms with E-state index in [4.69, 9.17) is 9.26 Å². The SMILES string of the molecule is O=C(Nc1ccc(F)cc1)N1c2ccccc2CC1c1noc(C2CCOCC2)n1. The Morgan fingerprint density at radius 3 is 2.67 bits per heavy atom. The van der Waals surface area contributed by atoms with E-state index in [1.54, 1.807) is 4.90 Å². The van der Waals surface area contributed by atoms with Crippen LogP contribution in [0.5, 0.6) is 0 Å². The maximum absolute atomic E-state index is 13.2. The van der Waals surface area contributed by atoms with Gasteiger partial charge in [-0.3, -0.25) is 4.90 Å². The number of hydrogen-bond donors (Lipinski definition) is 1. The number of para-hydroxylation sites is 1. The number of fused-ring (bicyclic) bond motifs is 1. The van der Waals surface area contributed by atoms with Gasteiger partial charge in [0.05, 0.1) is 0 Å². The summed E-state index contributed by atoms with van der Waals surface area (Å²) in [6, 6.07) is 12.7. The molecule has 1 fully saturated rings. The van der Waals surface area contributed by atoms with E-state index in [0.29, 0.717) is 37.0 Å². The summed E-state index contributed by atoms with van der Waals surface area (Å²) in [5.41, 5.74) is 2.36. The van der Waals surface area contributed by atoms with Gasteiger partial charge in [0.1, 0.15) is 11.9 Å². The van der Waals surface area contributed by atoms with Crippen LogP contribution in [0.4, 0.5) is 20.6 Å². The molecular formula is C22H21FN4O3. The number of carbonyl (C=O) groups is 1. The largest absolute Gasteiger partial charge is 0.381 e. The molecule has 8 heteroatoms. The number of carbonyl (C=O) groups excluding carboxylic acids is 1. The van der Waals surface area contributed by atoms with Gasteiger partial charge in [-0.1, -0.05) is 23.4 Å². The lowest BCUT2D eigenvalue weighted by molar-refractivity contribution is 0.0778. The van der Waals surface area contributed by atoms with Crippen molar-refractivity contribution in [1.82, 2.24) is 10.1 Å². The van der Waals surface area contributed by atoms with Gasteiger partial charge < -0.3 is 14.6 Å². The number of benzene rings is 2. The first-order valence-electron chi connectivity index (χ1n) is 10.0. The standard InChI is InChI=1S/C22H21FN4O3/c23-16-5-7-17(8-6-16)24-22(28)27-18-4-2-1-3-15(18)13-19(27)20-25-21(30-26-20)14-9-11-29-12-10-14/h1-8,14,19H,9-13H2,(H,24,28). The van der Waals surface area contributed by atoms with Crippen molar-refractivity contribution in [1.29, 1.82) is 0 Å². The van der Waals surface area contributed by atoms with Gasteiger partial charge in [-0.25, -0.2) is 9.18 Å². The van der Waals surface area contributed by atoms with Gasteiger partial charge in [-0.2, -0.15) is 4.98 Å². The molecule has 2 aliphatic heterocycles. The molecule has 1 N–H and O–H groups in total. The van der Waals surface area contributed by atoms with Crippen molar-refractivity contribution in [2.45, 2.75) is 31.2 Å². The molecule has 7 nitrogen and oxygen atoms in total. The molecule has 1 aromatic heterocycles. The first-order valence-corrected chi connectivity index (χ1v) is 10.0. The van der Waals surface area contributed by atoms with Crippen LogP contribution in [0.2, 0.25) is 0 Å². The number of rotatable bonds is 3. The molecule has 0 bridgehead atoms. The number of anilines is 2. The van der Waals surface area contributed by atoms with E-state index >= 15 is 0 Å².